The van der Waals surface area contributed by atoms with Gasteiger partial charge in [0.05, 0.1) is 7.11 Å². The van der Waals surface area contributed by atoms with Gasteiger partial charge in [-0.15, -0.1) is 0 Å². The predicted octanol–water partition coefficient (Wildman–Crippen LogP) is 2.29. The van der Waals surface area contributed by atoms with Crippen molar-refractivity contribution in [1.29, 1.82) is 0 Å². The van der Waals surface area contributed by atoms with Crippen LogP contribution in [-0.4, -0.2) is 38.7 Å². The number of hydrogen-bond acceptors (Lipinski definition) is 8. The van der Waals surface area contributed by atoms with Gasteiger partial charge in [-0.1, -0.05) is 0 Å². The van der Waals surface area contributed by atoms with E-state index in [-0.39, 0.29) is 0 Å². The standard InChI is InChI=1S/C21H30N8O/c1-3-29-17(11-12-10-15(30-2)8-9-16(12)23)26-18-19(24)27-21(28-20(18)29)25-14-6-4-13(22)5-7-14/h8-10,13-14H,3-7,11,22-23H2,1-2H3,(H3,24,25,27,28). The normalized spacial score (nSPS) is 19.2. The molecule has 160 valence electrons. The van der Waals surface area contributed by atoms with Gasteiger partial charge in [-0.2, -0.15) is 9.97 Å². The third-order valence-electron chi connectivity index (χ3n) is 5.82. The maximum Gasteiger partial charge on any atom is 0.226 e. The molecule has 0 saturated heterocycles. The van der Waals surface area contributed by atoms with Crippen molar-refractivity contribution in [3.8, 4) is 5.75 Å². The highest BCUT2D eigenvalue weighted by atomic mass is 16.5. The lowest BCUT2D eigenvalue weighted by Gasteiger charge is -2.26. The summed E-state index contributed by atoms with van der Waals surface area (Å²) in [4.78, 5) is 14.0. The van der Waals surface area contributed by atoms with Gasteiger partial charge in [0.2, 0.25) is 5.95 Å². The Hall–Kier alpha value is -3.07. The lowest BCUT2D eigenvalue weighted by molar-refractivity contribution is 0.410. The van der Waals surface area contributed by atoms with Crippen LogP contribution < -0.4 is 27.3 Å². The summed E-state index contributed by atoms with van der Waals surface area (Å²) in [6.45, 7) is 2.78. The highest BCUT2D eigenvalue weighted by molar-refractivity contribution is 5.83. The molecule has 0 aliphatic heterocycles. The molecule has 1 aliphatic carbocycles. The van der Waals surface area contributed by atoms with Crippen LogP contribution in [0.25, 0.3) is 11.2 Å². The number of imidazole rings is 1. The number of hydrogen-bond donors (Lipinski definition) is 4. The summed E-state index contributed by atoms with van der Waals surface area (Å²) in [6, 6.07) is 6.24. The van der Waals surface area contributed by atoms with Crippen LogP contribution in [0.3, 0.4) is 0 Å². The topological polar surface area (TPSA) is 143 Å². The molecule has 2 heterocycles. The van der Waals surface area contributed by atoms with Crippen LogP contribution in [0.2, 0.25) is 0 Å². The van der Waals surface area contributed by atoms with E-state index in [0.29, 0.717) is 48.0 Å². The van der Waals surface area contributed by atoms with Gasteiger partial charge in [0.25, 0.3) is 0 Å². The lowest BCUT2D eigenvalue weighted by Crippen LogP contribution is -2.33. The molecule has 7 N–H and O–H groups in total. The Kier molecular flexibility index (Phi) is 5.63. The number of aromatic nitrogens is 4. The van der Waals surface area contributed by atoms with Crippen molar-refractivity contribution in [1.82, 2.24) is 19.5 Å². The fourth-order valence-corrected chi connectivity index (χ4v) is 4.08. The average molecular weight is 411 g/mol. The van der Waals surface area contributed by atoms with Gasteiger partial charge in [-0.3, -0.25) is 0 Å². The SMILES string of the molecule is CCn1c(Cc2cc(OC)ccc2N)nc2c(N)nc(NC3CCC(N)CC3)nc21. The Labute approximate surface area is 176 Å². The fraction of sp³-hybridized carbons (Fsp3) is 0.476. The van der Waals surface area contributed by atoms with Crippen LogP contribution in [0, 0.1) is 0 Å². The van der Waals surface area contributed by atoms with Crippen molar-refractivity contribution in [3.05, 3.63) is 29.6 Å². The molecule has 0 atom stereocenters. The second-order valence-corrected chi connectivity index (χ2v) is 7.87. The first kappa shape index (κ1) is 20.2. The van der Waals surface area contributed by atoms with E-state index in [1.54, 1.807) is 7.11 Å². The molecule has 1 saturated carbocycles. The first-order chi connectivity index (χ1) is 14.5. The minimum absolute atomic E-state index is 0.296. The molecule has 0 radical (unpaired) electrons. The number of anilines is 3. The first-order valence-corrected chi connectivity index (χ1v) is 10.5. The van der Waals surface area contributed by atoms with Crippen LogP contribution in [0.4, 0.5) is 17.5 Å². The summed E-state index contributed by atoms with van der Waals surface area (Å²) >= 11 is 0. The number of ether oxygens (including phenoxy) is 1. The Morgan fingerprint density at radius 2 is 1.90 bits per heavy atom. The molecule has 2 aromatic heterocycles. The molecular formula is C21H30N8O. The molecule has 1 aliphatic rings. The van der Waals surface area contributed by atoms with Crippen LogP contribution in [-0.2, 0) is 13.0 Å². The third kappa shape index (κ3) is 3.97. The smallest absolute Gasteiger partial charge is 0.226 e. The van der Waals surface area contributed by atoms with Gasteiger partial charge < -0.3 is 31.8 Å². The number of rotatable bonds is 6. The number of nitrogens with two attached hydrogens (primary N) is 3. The molecule has 0 unspecified atom stereocenters. The second-order valence-electron chi connectivity index (χ2n) is 7.87. The highest BCUT2D eigenvalue weighted by Gasteiger charge is 2.21. The highest BCUT2D eigenvalue weighted by Crippen LogP contribution is 2.27. The predicted molar refractivity (Wildman–Crippen MR) is 119 cm³/mol. The quantitative estimate of drug-likeness (QED) is 0.453. The van der Waals surface area contributed by atoms with Crippen LogP contribution in [0.5, 0.6) is 5.75 Å². The monoisotopic (exact) mass is 410 g/mol. The molecule has 4 rings (SSSR count). The number of methoxy groups -OCH3 is 1. The molecule has 0 bridgehead atoms. The second kappa shape index (κ2) is 8.35. The summed E-state index contributed by atoms with van der Waals surface area (Å²) in [6.07, 6.45) is 4.59. The molecule has 3 aromatic rings. The van der Waals surface area contributed by atoms with Crippen molar-refractivity contribution < 1.29 is 4.74 Å². The molecule has 30 heavy (non-hydrogen) atoms. The Bertz CT molecular complexity index is 1040. The van der Waals surface area contributed by atoms with Crippen LogP contribution in [0.15, 0.2) is 18.2 Å². The van der Waals surface area contributed by atoms with E-state index in [9.17, 15) is 0 Å². The molecule has 1 fully saturated rings. The number of benzene rings is 1. The first-order valence-electron chi connectivity index (χ1n) is 10.5. The third-order valence-corrected chi connectivity index (χ3v) is 5.82. The summed E-state index contributed by atoms with van der Waals surface area (Å²) in [5.74, 6) is 2.52. The average Bonchev–Trinajstić information content (AvgIpc) is 3.09. The summed E-state index contributed by atoms with van der Waals surface area (Å²) in [5, 5.41) is 3.43. The number of nitrogens with one attached hydrogen (secondary N) is 1. The number of fused-ring (bicyclic) bond motifs is 1. The Morgan fingerprint density at radius 1 is 1.13 bits per heavy atom. The van der Waals surface area contributed by atoms with Gasteiger partial charge >= 0.3 is 0 Å². The molecule has 1 aromatic carbocycles. The van der Waals surface area contributed by atoms with E-state index in [4.69, 9.17) is 31.9 Å². The van der Waals surface area contributed by atoms with E-state index < -0.39 is 0 Å². The molecule has 9 heteroatoms. The van der Waals surface area contributed by atoms with Crippen molar-refractivity contribution in [2.24, 2.45) is 5.73 Å². The Balaban J connectivity index is 1.66. The van der Waals surface area contributed by atoms with Crippen molar-refractivity contribution >= 4 is 28.6 Å². The number of nitrogen functional groups attached to an aromatic ring is 2. The van der Waals surface area contributed by atoms with E-state index in [1.165, 1.54) is 0 Å². The summed E-state index contributed by atoms with van der Waals surface area (Å²) in [5.41, 5.74) is 21.4. The number of nitrogens with zero attached hydrogens (tertiary/aromatic N) is 4. The lowest BCUT2D eigenvalue weighted by atomic mass is 9.92. The van der Waals surface area contributed by atoms with Crippen molar-refractivity contribution in [2.45, 2.75) is 57.7 Å². The maximum atomic E-state index is 6.26. The van der Waals surface area contributed by atoms with E-state index in [1.807, 2.05) is 18.2 Å². The van der Waals surface area contributed by atoms with Crippen LogP contribution >= 0.6 is 0 Å². The van der Waals surface area contributed by atoms with Crippen molar-refractivity contribution in [3.63, 3.8) is 0 Å². The van der Waals surface area contributed by atoms with Crippen LogP contribution in [0.1, 0.15) is 44.0 Å². The molecular weight excluding hydrogens is 380 g/mol. The van der Waals surface area contributed by atoms with Crippen molar-refractivity contribution in [2.75, 3.05) is 23.9 Å². The van der Waals surface area contributed by atoms with Gasteiger partial charge in [0, 0.05) is 30.7 Å². The minimum atomic E-state index is 0.296. The van der Waals surface area contributed by atoms with E-state index in [0.717, 1.165) is 48.5 Å². The van der Waals surface area contributed by atoms with E-state index in [2.05, 4.69) is 21.8 Å². The molecule has 0 amide bonds. The Morgan fingerprint density at radius 3 is 2.60 bits per heavy atom. The zero-order valence-corrected chi connectivity index (χ0v) is 17.6. The molecule has 0 spiro atoms. The summed E-state index contributed by atoms with van der Waals surface area (Å²) in [7, 11) is 1.64. The van der Waals surface area contributed by atoms with Gasteiger partial charge in [0.15, 0.2) is 17.0 Å². The zero-order valence-electron chi connectivity index (χ0n) is 17.6. The summed E-state index contributed by atoms with van der Waals surface area (Å²) < 4.78 is 7.40. The largest absolute Gasteiger partial charge is 0.497 e. The van der Waals surface area contributed by atoms with Gasteiger partial charge in [0.1, 0.15) is 11.6 Å². The minimum Gasteiger partial charge on any atom is -0.497 e. The number of aryl methyl sites for hydroxylation is 1. The van der Waals surface area contributed by atoms with Gasteiger partial charge in [-0.05, 0) is 56.4 Å². The zero-order chi connectivity index (χ0) is 21.3. The van der Waals surface area contributed by atoms with Gasteiger partial charge in [-0.25, -0.2) is 4.98 Å². The van der Waals surface area contributed by atoms with E-state index >= 15 is 0 Å². The maximum absolute atomic E-state index is 6.26. The fourth-order valence-electron chi connectivity index (χ4n) is 4.08. The molecule has 9 nitrogen and oxygen atoms in total.